The molecule has 1 rings (SSSR count). The molecule has 6 nitrogen and oxygen atoms in total. The molecule has 1 aromatic heterocycles. The molecule has 0 aliphatic rings. The highest BCUT2D eigenvalue weighted by atomic mass is 16.5. The van der Waals surface area contributed by atoms with Gasteiger partial charge in [-0.15, -0.1) is 0 Å². The van der Waals surface area contributed by atoms with Gasteiger partial charge in [0.15, 0.2) is 5.96 Å². The average molecular weight is 278 g/mol. The van der Waals surface area contributed by atoms with Crippen molar-refractivity contribution < 1.29 is 9.53 Å². The van der Waals surface area contributed by atoms with Crippen molar-refractivity contribution in [3.63, 3.8) is 0 Å². The van der Waals surface area contributed by atoms with Crippen molar-refractivity contribution in [2.75, 3.05) is 20.2 Å². The molecule has 1 aromatic rings. The van der Waals surface area contributed by atoms with Crippen LogP contribution in [0.5, 0.6) is 0 Å². The van der Waals surface area contributed by atoms with Crippen LogP contribution in [-0.2, 0) is 16.1 Å². The Hall–Kier alpha value is -2.11. The lowest BCUT2D eigenvalue weighted by Crippen LogP contribution is -2.37. The Bertz CT molecular complexity index is 420. The molecule has 0 unspecified atom stereocenters. The van der Waals surface area contributed by atoms with Gasteiger partial charge in [-0.25, -0.2) is 0 Å². The Labute approximate surface area is 119 Å². The van der Waals surface area contributed by atoms with E-state index < -0.39 is 0 Å². The molecule has 0 saturated carbocycles. The Morgan fingerprint density at radius 2 is 2.25 bits per heavy atom. The first-order valence-electron chi connectivity index (χ1n) is 6.76. The first-order valence-corrected chi connectivity index (χ1v) is 6.76. The Balaban J connectivity index is 2.19. The Kier molecular flexibility index (Phi) is 7.79. The predicted molar refractivity (Wildman–Crippen MR) is 78.3 cm³/mol. The summed E-state index contributed by atoms with van der Waals surface area (Å²) in [5.41, 5.74) is 0.946. The van der Waals surface area contributed by atoms with Crippen LogP contribution in [0.3, 0.4) is 0 Å². The van der Waals surface area contributed by atoms with Crippen molar-refractivity contribution in [1.82, 2.24) is 15.6 Å². The number of guanidine groups is 1. The number of nitrogens with zero attached hydrogens (tertiary/aromatic N) is 2. The molecule has 20 heavy (non-hydrogen) atoms. The van der Waals surface area contributed by atoms with Crippen LogP contribution >= 0.6 is 0 Å². The summed E-state index contributed by atoms with van der Waals surface area (Å²) in [5.74, 6) is 0.533. The highest BCUT2D eigenvalue weighted by molar-refractivity contribution is 5.79. The minimum atomic E-state index is -0.161. The maximum Gasteiger partial charge on any atom is 0.305 e. The van der Waals surface area contributed by atoms with E-state index in [1.807, 2.05) is 18.2 Å². The number of rotatable bonds is 7. The van der Waals surface area contributed by atoms with Crippen molar-refractivity contribution in [2.24, 2.45) is 4.99 Å². The van der Waals surface area contributed by atoms with E-state index in [2.05, 4.69) is 20.6 Å². The number of hydrogen-bond acceptors (Lipinski definition) is 4. The van der Waals surface area contributed by atoms with Gasteiger partial charge in [0.2, 0.25) is 0 Å². The topological polar surface area (TPSA) is 75.6 Å². The molecule has 0 amide bonds. The first-order chi connectivity index (χ1) is 9.76. The Morgan fingerprint density at radius 1 is 1.40 bits per heavy atom. The molecule has 0 bridgehead atoms. The van der Waals surface area contributed by atoms with Crippen molar-refractivity contribution >= 4 is 11.9 Å². The average Bonchev–Trinajstić information content (AvgIpc) is 2.48. The normalized spacial score (nSPS) is 11.0. The van der Waals surface area contributed by atoms with Crippen molar-refractivity contribution in [1.29, 1.82) is 0 Å². The second-order valence-electron chi connectivity index (χ2n) is 4.08. The van der Waals surface area contributed by atoms with Crippen LogP contribution in [0.1, 0.15) is 25.5 Å². The molecule has 0 radical (unpaired) electrons. The first kappa shape index (κ1) is 15.9. The molecule has 1 heterocycles. The molecule has 0 atom stereocenters. The summed E-state index contributed by atoms with van der Waals surface area (Å²) in [7, 11) is 1.71. The third-order valence-electron chi connectivity index (χ3n) is 2.54. The fraction of sp³-hybridized carbons (Fsp3) is 0.500. The van der Waals surface area contributed by atoms with E-state index in [4.69, 9.17) is 4.74 Å². The number of nitrogens with one attached hydrogen (secondary N) is 2. The van der Waals surface area contributed by atoms with Gasteiger partial charge in [-0.2, -0.15) is 0 Å². The van der Waals surface area contributed by atoms with Crippen molar-refractivity contribution in [3.05, 3.63) is 30.1 Å². The van der Waals surface area contributed by atoms with Crippen LogP contribution < -0.4 is 10.6 Å². The smallest absolute Gasteiger partial charge is 0.305 e. The number of pyridine rings is 1. The number of esters is 1. The summed E-state index contributed by atoms with van der Waals surface area (Å²) in [4.78, 5) is 19.5. The highest BCUT2D eigenvalue weighted by Crippen LogP contribution is 1.93. The zero-order chi connectivity index (χ0) is 14.6. The molecule has 0 fully saturated rings. The second-order valence-corrected chi connectivity index (χ2v) is 4.08. The molecule has 110 valence electrons. The lowest BCUT2D eigenvalue weighted by Gasteiger charge is -2.11. The highest BCUT2D eigenvalue weighted by Gasteiger charge is 2.02. The molecular formula is C14H22N4O2. The maximum absolute atomic E-state index is 11.2. The molecule has 6 heteroatoms. The zero-order valence-corrected chi connectivity index (χ0v) is 12.1. The molecule has 0 saturated heterocycles. The largest absolute Gasteiger partial charge is 0.466 e. The molecular weight excluding hydrogens is 256 g/mol. The SMILES string of the molecule is CCOC(=O)CCCNC(=NC)NCc1ccccn1. The van der Waals surface area contributed by atoms with Crippen LogP contribution in [0, 0.1) is 0 Å². The molecule has 0 aromatic carbocycles. The van der Waals surface area contributed by atoms with Crippen LogP contribution in [0.4, 0.5) is 0 Å². The van der Waals surface area contributed by atoms with E-state index >= 15 is 0 Å². The summed E-state index contributed by atoms with van der Waals surface area (Å²) in [6, 6.07) is 5.77. The van der Waals surface area contributed by atoms with Gasteiger partial charge in [-0.1, -0.05) is 6.07 Å². The van der Waals surface area contributed by atoms with E-state index in [1.54, 1.807) is 20.2 Å². The number of ether oxygens (including phenoxy) is 1. The van der Waals surface area contributed by atoms with Gasteiger partial charge in [-0.05, 0) is 25.5 Å². The minimum absolute atomic E-state index is 0.161. The molecule has 0 spiro atoms. The molecule has 2 N–H and O–H groups in total. The fourth-order valence-corrected chi connectivity index (χ4v) is 1.57. The van der Waals surface area contributed by atoms with Crippen LogP contribution in [0.15, 0.2) is 29.4 Å². The van der Waals surface area contributed by atoms with Gasteiger partial charge in [0, 0.05) is 26.2 Å². The number of carbonyl (C=O) groups is 1. The van der Waals surface area contributed by atoms with E-state index in [9.17, 15) is 4.79 Å². The number of aliphatic imine (C=N–C) groups is 1. The molecule has 0 aliphatic heterocycles. The van der Waals surface area contributed by atoms with E-state index in [1.165, 1.54) is 0 Å². The van der Waals surface area contributed by atoms with Crippen molar-refractivity contribution in [3.8, 4) is 0 Å². The van der Waals surface area contributed by atoms with E-state index in [0.29, 0.717) is 38.5 Å². The summed E-state index contributed by atoms with van der Waals surface area (Å²) >= 11 is 0. The van der Waals surface area contributed by atoms with Crippen LogP contribution in [-0.4, -0.2) is 37.1 Å². The van der Waals surface area contributed by atoms with E-state index in [-0.39, 0.29) is 5.97 Å². The van der Waals surface area contributed by atoms with Gasteiger partial charge in [0.1, 0.15) is 0 Å². The lowest BCUT2D eigenvalue weighted by molar-refractivity contribution is -0.143. The molecule has 0 aliphatic carbocycles. The van der Waals surface area contributed by atoms with Crippen LogP contribution in [0.2, 0.25) is 0 Å². The van der Waals surface area contributed by atoms with Crippen LogP contribution in [0.25, 0.3) is 0 Å². The van der Waals surface area contributed by atoms with Crippen molar-refractivity contribution in [2.45, 2.75) is 26.3 Å². The van der Waals surface area contributed by atoms with E-state index in [0.717, 1.165) is 5.69 Å². The van der Waals surface area contributed by atoms with Gasteiger partial charge in [0.05, 0.1) is 18.8 Å². The number of aromatic nitrogens is 1. The maximum atomic E-state index is 11.2. The Morgan fingerprint density at radius 3 is 2.90 bits per heavy atom. The third kappa shape index (κ3) is 6.72. The van der Waals surface area contributed by atoms with Gasteiger partial charge >= 0.3 is 5.97 Å². The number of carbonyl (C=O) groups excluding carboxylic acids is 1. The second kappa shape index (κ2) is 9.77. The summed E-state index contributed by atoms with van der Waals surface area (Å²) in [5, 5.41) is 6.30. The minimum Gasteiger partial charge on any atom is -0.466 e. The summed E-state index contributed by atoms with van der Waals surface area (Å²) < 4.78 is 4.86. The third-order valence-corrected chi connectivity index (χ3v) is 2.54. The monoisotopic (exact) mass is 278 g/mol. The number of hydrogen-bond donors (Lipinski definition) is 2. The fourth-order valence-electron chi connectivity index (χ4n) is 1.57. The summed E-state index contributed by atoms with van der Waals surface area (Å²) in [6.45, 7) is 3.51. The van der Waals surface area contributed by atoms with Gasteiger partial charge < -0.3 is 15.4 Å². The predicted octanol–water partition coefficient (Wildman–Crippen LogP) is 1.09. The quantitative estimate of drug-likeness (QED) is 0.338. The van der Waals surface area contributed by atoms with Gasteiger partial charge in [-0.3, -0.25) is 14.8 Å². The zero-order valence-electron chi connectivity index (χ0n) is 12.1. The standard InChI is InChI=1S/C14H22N4O2/c1-3-20-13(19)8-6-10-17-14(15-2)18-11-12-7-4-5-9-16-12/h4-5,7,9H,3,6,8,10-11H2,1-2H3,(H2,15,17,18). The summed E-state index contributed by atoms with van der Waals surface area (Å²) in [6.07, 6.45) is 2.88. The lowest BCUT2D eigenvalue weighted by atomic mass is 10.3. The van der Waals surface area contributed by atoms with Gasteiger partial charge in [0.25, 0.3) is 0 Å².